The zero-order chi connectivity index (χ0) is 15.3. The molecule has 1 N–H and O–H groups in total. The fourth-order valence-electron chi connectivity index (χ4n) is 1.76. The van der Waals surface area contributed by atoms with Gasteiger partial charge in [0.1, 0.15) is 4.90 Å². The van der Waals surface area contributed by atoms with Crippen molar-refractivity contribution in [3.05, 3.63) is 40.4 Å². The van der Waals surface area contributed by atoms with Gasteiger partial charge in [0, 0.05) is 23.7 Å². The third kappa shape index (κ3) is 3.54. The Kier molecular flexibility index (Phi) is 6.48. The molecule has 0 aromatic heterocycles. The molecule has 4 nitrogen and oxygen atoms in total. The van der Waals surface area contributed by atoms with E-state index in [0.29, 0.717) is 13.0 Å². The minimum absolute atomic E-state index is 0.0369. The minimum atomic E-state index is -3.75. The van der Waals surface area contributed by atoms with Crippen molar-refractivity contribution < 1.29 is 13.5 Å². The van der Waals surface area contributed by atoms with Crippen LogP contribution in [0.5, 0.6) is 0 Å². The molecule has 0 saturated carbocycles. The maximum Gasteiger partial charge on any atom is 0.244 e. The highest BCUT2D eigenvalue weighted by molar-refractivity contribution is 7.89. The monoisotopic (exact) mass is 337 g/mol. The number of benzene rings is 1. The number of nitrogens with zero attached hydrogens (tertiary/aromatic N) is 1. The fraction of sp³-hybridized carbons (Fsp3) is 0.385. The van der Waals surface area contributed by atoms with Crippen molar-refractivity contribution in [1.29, 1.82) is 0 Å². The van der Waals surface area contributed by atoms with Gasteiger partial charge in [0.2, 0.25) is 10.0 Å². The van der Waals surface area contributed by atoms with Crippen LogP contribution in [0.1, 0.15) is 18.9 Å². The molecule has 0 bridgehead atoms. The Bertz CT molecular complexity index is 588. The van der Waals surface area contributed by atoms with Gasteiger partial charge < -0.3 is 5.11 Å². The predicted molar refractivity (Wildman–Crippen MR) is 81.6 cm³/mol. The van der Waals surface area contributed by atoms with Crippen molar-refractivity contribution in [3.63, 3.8) is 0 Å². The first-order valence-corrected chi connectivity index (χ1v) is 8.28. The van der Waals surface area contributed by atoms with Crippen molar-refractivity contribution in [3.8, 4) is 0 Å². The van der Waals surface area contributed by atoms with Crippen LogP contribution in [0.25, 0.3) is 0 Å². The van der Waals surface area contributed by atoms with Crippen LogP contribution in [0.3, 0.4) is 0 Å². The zero-order valence-corrected chi connectivity index (χ0v) is 13.5. The third-order valence-electron chi connectivity index (χ3n) is 2.73. The van der Waals surface area contributed by atoms with Crippen molar-refractivity contribution in [1.82, 2.24) is 4.31 Å². The molecule has 1 aromatic carbocycles. The van der Waals surface area contributed by atoms with Crippen LogP contribution in [-0.2, 0) is 16.6 Å². The second-order valence-electron chi connectivity index (χ2n) is 4.15. The molecule has 1 aromatic rings. The topological polar surface area (TPSA) is 57.6 Å². The van der Waals surface area contributed by atoms with Gasteiger partial charge in [0.05, 0.1) is 11.6 Å². The summed E-state index contributed by atoms with van der Waals surface area (Å²) in [5.41, 5.74) is 0.212. The minimum Gasteiger partial charge on any atom is -0.392 e. The Balaban J connectivity index is 3.37. The molecule has 7 heteroatoms. The summed E-state index contributed by atoms with van der Waals surface area (Å²) >= 11 is 12.0. The van der Waals surface area contributed by atoms with Crippen LogP contribution in [0.15, 0.2) is 29.7 Å². The molecule has 112 valence electrons. The number of aliphatic hydroxyl groups excluding tert-OH is 1. The van der Waals surface area contributed by atoms with E-state index in [1.165, 1.54) is 22.5 Å². The molecule has 0 amide bonds. The van der Waals surface area contributed by atoms with Gasteiger partial charge in [-0.3, -0.25) is 0 Å². The summed E-state index contributed by atoms with van der Waals surface area (Å²) in [5.74, 6) is 0. The Labute approximate surface area is 129 Å². The maximum atomic E-state index is 12.6. The van der Waals surface area contributed by atoms with Gasteiger partial charge in [-0.15, -0.1) is 6.58 Å². The highest BCUT2D eigenvalue weighted by atomic mass is 35.5. The molecule has 0 aliphatic heterocycles. The lowest BCUT2D eigenvalue weighted by atomic mass is 10.2. The van der Waals surface area contributed by atoms with Crippen LogP contribution in [0.2, 0.25) is 10.0 Å². The standard InChI is InChI=1S/C13H17Cl2NO3S/c1-3-7-16(8-4-2)20(18,19)12-6-5-11(14)10(9-17)13(12)15/h3,5-6,17H,1,4,7-9H2,2H3. The Morgan fingerprint density at radius 2 is 2.05 bits per heavy atom. The lowest BCUT2D eigenvalue weighted by Crippen LogP contribution is -2.32. The second kappa shape index (κ2) is 7.43. The molecule has 0 radical (unpaired) electrons. The number of sulfonamides is 1. The maximum absolute atomic E-state index is 12.6. The Hall–Kier alpha value is -0.590. The molecule has 1 rings (SSSR count). The summed E-state index contributed by atoms with van der Waals surface area (Å²) in [4.78, 5) is -0.0529. The first-order valence-electron chi connectivity index (χ1n) is 6.08. The van der Waals surface area contributed by atoms with Crippen LogP contribution in [-0.4, -0.2) is 30.9 Å². The van der Waals surface area contributed by atoms with E-state index in [-0.39, 0.29) is 27.0 Å². The van der Waals surface area contributed by atoms with Crippen molar-refractivity contribution in [2.75, 3.05) is 13.1 Å². The van der Waals surface area contributed by atoms with Crippen LogP contribution < -0.4 is 0 Å². The highest BCUT2D eigenvalue weighted by Crippen LogP contribution is 2.32. The first-order chi connectivity index (χ1) is 9.39. The zero-order valence-electron chi connectivity index (χ0n) is 11.1. The van der Waals surface area contributed by atoms with Gasteiger partial charge in [-0.2, -0.15) is 4.31 Å². The predicted octanol–water partition coefficient (Wildman–Crippen LogP) is 3.07. The smallest absolute Gasteiger partial charge is 0.244 e. The van der Waals surface area contributed by atoms with E-state index in [1.54, 1.807) is 0 Å². The number of halogens is 2. The number of hydrogen-bond acceptors (Lipinski definition) is 3. The number of aliphatic hydroxyl groups is 1. The molecular weight excluding hydrogens is 321 g/mol. The van der Waals surface area contributed by atoms with Gasteiger partial charge in [0.25, 0.3) is 0 Å². The van der Waals surface area contributed by atoms with E-state index in [0.717, 1.165) is 0 Å². The highest BCUT2D eigenvalue weighted by Gasteiger charge is 2.27. The van der Waals surface area contributed by atoms with E-state index in [4.69, 9.17) is 23.2 Å². The van der Waals surface area contributed by atoms with Crippen LogP contribution in [0.4, 0.5) is 0 Å². The summed E-state index contributed by atoms with van der Waals surface area (Å²) in [6.07, 6.45) is 2.19. The number of rotatable bonds is 7. The lowest BCUT2D eigenvalue weighted by Gasteiger charge is -2.21. The summed E-state index contributed by atoms with van der Waals surface area (Å²) in [7, 11) is -3.75. The molecule has 0 heterocycles. The molecule has 0 aliphatic rings. The van der Waals surface area contributed by atoms with E-state index in [2.05, 4.69) is 6.58 Å². The van der Waals surface area contributed by atoms with E-state index < -0.39 is 16.6 Å². The average molecular weight is 338 g/mol. The van der Waals surface area contributed by atoms with Gasteiger partial charge >= 0.3 is 0 Å². The Morgan fingerprint density at radius 1 is 1.40 bits per heavy atom. The molecule has 0 aliphatic carbocycles. The van der Waals surface area contributed by atoms with Gasteiger partial charge in [-0.05, 0) is 18.6 Å². The molecule has 0 fully saturated rings. The summed E-state index contributed by atoms with van der Waals surface area (Å²) in [6, 6.07) is 2.77. The average Bonchev–Trinajstić information content (AvgIpc) is 2.38. The molecule has 0 spiro atoms. The van der Waals surface area contributed by atoms with Crippen LogP contribution in [0, 0.1) is 0 Å². The summed E-state index contributed by atoms with van der Waals surface area (Å²) in [6.45, 7) is 5.58. The van der Waals surface area contributed by atoms with Gasteiger partial charge in [-0.1, -0.05) is 36.2 Å². The lowest BCUT2D eigenvalue weighted by molar-refractivity contribution is 0.281. The summed E-state index contributed by atoms with van der Waals surface area (Å²) in [5, 5.41) is 9.44. The fourth-order valence-corrected chi connectivity index (χ4v) is 4.14. The van der Waals surface area contributed by atoms with E-state index >= 15 is 0 Å². The summed E-state index contributed by atoms with van der Waals surface area (Å²) < 4.78 is 26.5. The SMILES string of the molecule is C=CCN(CCC)S(=O)(=O)c1ccc(Cl)c(CO)c1Cl. The third-order valence-corrected chi connectivity index (χ3v) is 5.54. The van der Waals surface area contributed by atoms with Gasteiger partial charge in [-0.25, -0.2) is 8.42 Å². The Morgan fingerprint density at radius 3 is 2.55 bits per heavy atom. The largest absolute Gasteiger partial charge is 0.392 e. The quantitative estimate of drug-likeness (QED) is 0.778. The van der Waals surface area contributed by atoms with Crippen LogP contribution >= 0.6 is 23.2 Å². The van der Waals surface area contributed by atoms with Crippen molar-refractivity contribution in [2.24, 2.45) is 0 Å². The molecule has 0 atom stereocenters. The van der Waals surface area contributed by atoms with Crippen molar-refractivity contribution in [2.45, 2.75) is 24.8 Å². The van der Waals surface area contributed by atoms with E-state index in [1.807, 2.05) is 6.92 Å². The first kappa shape index (κ1) is 17.5. The second-order valence-corrected chi connectivity index (χ2v) is 6.84. The molecule has 20 heavy (non-hydrogen) atoms. The van der Waals surface area contributed by atoms with E-state index in [9.17, 15) is 13.5 Å². The van der Waals surface area contributed by atoms with Gasteiger partial charge in [0.15, 0.2) is 0 Å². The molecular formula is C13H17Cl2NO3S. The van der Waals surface area contributed by atoms with Crippen molar-refractivity contribution >= 4 is 33.2 Å². The normalized spacial score (nSPS) is 11.8. The molecule has 0 unspecified atom stereocenters. The molecule has 0 saturated heterocycles. The number of hydrogen-bond donors (Lipinski definition) is 1.